The third-order valence-electron chi connectivity index (χ3n) is 3.75. The maximum absolute atomic E-state index is 12.5. The highest BCUT2D eigenvalue weighted by Gasteiger charge is 2.19. The van der Waals surface area contributed by atoms with Gasteiger partial charge in [-0.2, -0.15) is 0 Å². The third kappa shape index (κ3) is 4.20. The number of carbonyl (C=O) groups is 1. The molecule has 0 heterocycles. The molecule has 1 atom stereocenters. The fourth-order valence-electron chi connectivity index (χ4n) is 2.37. The van der Waals surface area contributed by atoms with E-state index in [1.807, 2.05) is 48.5 Å². The zero-order valence-electron chi connectivity index (χ0n) is 13.5. The lowest BCUT2D eigenvalue weighted by Crippen LogP contribution is -2.43. The Morgan fingerprint density at radius 1 is 1.30 bits per heavy atom. The van der Waals surface area contributed by atoms with E-state index in [-0.39, 0.29) is 5.91 Å². The zero-order chi connectivity index (χ0) is 16.8. The van der Waals surface area contributed by atoms with Crippen molar-refractivity contribution in [1.82, 2.24) is 0 Å². The molecule has 0 aromatic heterocycles. The lowest BCUT2D eigenvalue weighted by Gasteiger charge is -2.22. The van der Waals surface area contributed by atoms with Gasteiger partial charge in [0.25, 0.3) is 0 Å². The number of methoxy groups -OCH3 is 1. The third-order valence-corrected chi connectivity index (χ3v) is 3.75. The van der Waals surface area contributed by atoms with E-state index >= 15 is 0 Å². The maximum atomic E-state index is 12.5. The van der Waals surface area contributed by atoms with Crippen LogP contribution >= 0.6 is 0 Å². The molecular weight excluding hydrogens is 288 g/mol. The molecule has 0 aliphatic heterocycles. The van der Waals surface area contributed by atoms with Gasteiger partial charge in [0.1, 0.15) is 5.75 Å². The van der Waals surface area contributed by atoms with Gasteiger partial charge in [0, 0.05) is 12.7 Å². The van der Waals surface area contributed by atoms with Gasteiger partial charge in [0.2, 0.25) is 5.91 Å². The van der Waals surface area contributed by atoms with E-state index in [4.69, 9.17) is 10.5 Å². The summed E-state index contributed by atoms with van der Waals surface area (Å²) in [5.41, 5.74) is 8.92. The van der Waals surface area contributed by atoms with Crippen LogP contribution < -0.4 is 15.4 Å². The number of amides is 1. The Bertz CT molecular complexity index is 680. The van der Waals surface area contributed by atoms with E-state index in [2.05, 4.69) is 6.58 Å². The monoisotopic (exact) mass is 310 g/mol. The Morgan fingerprint density at radius 3 is 2.61 bits per heavy atom. The second-order valence-electron chi connectivity index (χ2n) is 5.36. The Hall–Kier alpha value is -2.59. The summed E-state index contributed by atoms with van der Waals surface area (Å²) >= 11 is 0. The molecule has 2 rings (SSSR count). The molecule has 0 aliphatic carbocycles. The van der Waals surface area contributed by atoms with Crippen LogP contribution in [-0.4, -0.2) is 26.1 Å². The summed E-state index contributed by atoms with van der Waals surface area (Å²) in [4.78, 5) is 14.1. The number of anilines is 1. The smallest absolute Gasteiger partial charge is 0.243 e. The van der Waals surface area contributed by atoms with Gasteiger partial charge in [-0.3, -0.25) is 4.79 Å². The highest BCUT2D eigenvalue weighted by Crippen LogP contribution is 2.19. The highest BCUT2D eigenvalue weighted by molar-refractivity contribution is 5.96. The van der Waals surface area contributed by atoms with Crippen molar-refractivity contribution in [2.24, 2.45) is 5.73 Å². The average Bonchev–Trinajstić information content (AvgIpc) is 2.60. The van der Waals surface area contributed by atoms with Crippen molar-refractivity contribution in [2.75, 3.05) is 19.1 Å². The van der Waals surface area contributed by atoms with Gasteiger partial charge in [-0.25, -0.2) is 0 Å². The summed E-state index contributed by atoms with van der Waals surface area (Å²) in [7, 11) is 3.33. The molecule has 0 saturated heterocycles. The number of ether oxygens (including phenoxy) is 1. The molecule has 1 amide bonds. The van der Waals surface area contributed by atoms with Gasteiger partial charge < -0.3 is 15.4 Å². The molecule has 2 aromatic rings. The van der Waals surface area contributed by atoms with Crippen LogP contribution in [0, 0.1) is 0 Å². The second kappa shape index (κ2) is 7.61. The zero-order valence-corrected chi connectivity index (χ0v) is 13.5. The van der Waals surface area contributed by atoms with Crippen LogP contribution in [0.15, 0.2) is 55.1 Å². The molecule has 0 spiro atoms. The predicted molar refractivity (Wildman–Crippen MR) is 94.6 cm³/mol. The van der Waals surface area contributed by atoms with Crippen LogP contribution in [0.25, 0.3) is 6.08 Å². The lowest BCUT2D eigenvalue weighted by atomic mass is 10.0. The van der Waals surface area contributed by atoms with E-state index < -0.39 is 6.04 Å². The van der Waals surface area contributed by atoms with Crippen molar-refractivity contribution in [2.45, 2.75) is 12.5 Å². The molecule has 0 aliphatic rings. The predicted octanol–water partition coefficient (Wildman–Crippen LogP) is 2.87. The normalized spacial score (nSPS) is 11.6. The van der Waals surface area contributed by atoms with Crippen molar-refractivity contribution in [3.8, 4) is 5.75 Å². The summed E-state index contributed by atoms with van der Waals surface area (Å²) < 4.78 is 5.12. The molecule has 2 N–H and O–H groups in total. The van der Waals surface area contributed by atoms with E-state index in [0.29, 0.717) is 6.42 Å². The lowest BCUT2D eigenvalue weighted by molar-refractivity contribution is -0.119. The SMILES string of the molecule is C=Cc1cccc(C[C@H](N)C(=O)N(C)c2ccc(OC)cc2)c1. The molecular formula is C19H22N2O2. The Balaban J connectivity index is 2.06. The summed E-state index contributed by atoms with van der Waals surface area (Å²) in [6, 6.07) is 14.6. The molecule has 0 radical (unpaired) electrons. The topological polar surface area (TPSA) is 55.6 Å². The summed E-state index contributed by atoms with van der Waals surface area (Å²) in [5, 5.41) is 0. The van der Waals surface area contributed by atoms with E-state index in [9.17, 15) is 4.79 Å². The first-order valence-electron chi connectivity index (χ1n) is 7.43. The number of likely N-dealkylation sites (N-methyl/N-ethyl adjacent to an activating group) is 1. The number of hydrogen-bond acceptors (Lipinski definition) is 3. The first-order valence-corrected chi connectivity index (χ1v) is 7.43. The Morgan fingerprint density at radius 2 is 2.00 bits per heavy atom. The summed E-state index contributed by atoms with van der Waals surface area (Å²) in [6.07, 6.45) is 2.27. The standard InChI is InChI=1S/C19H22N2O2/c1-4-14-6-5-7-15(12-14)13-18(20)19(22)21(2)16-8-10-17(23-3)11-9-16/h4-12,18H,1,13,20H2,2-3H3/t18-/m0/s1. The van der Waals surface area contributed by atoms with Crippen LogP contribution in [0.1, 0.15) is 11.1 Å². The second-order valence-corrected chi connectivity index (χ2v) is 5.36. The molecule has 0 saturated carbocycles. The fourth-order valence-corrected chi connectivity index (χ4v) is 2.37. The van der Waals surface area contributed by atoms with Crippen molar-refractivity contribution in [1.29, 1.82) is 0 Å². The minimum atomic E-state index is -0.595. The van der Waals surface area contributed by atoms with Gasteiger partial charge in [-0.15, -0.1) is 0 Å². The number of hydrogen-bond donors (Lipinski definition) is 1. The largest absolute Gasteiger partial charge is 0.497 e. The number of nitrogens with two attached hydrogens (primary N) is 1. The minimum Gasteiger partial charge on any atom is -0.497 e. The first-order chi connectivity index (χ1) is 11.0. The fraction of sp³-hybridized carbons (Fsp3) is 0.211. The Labute approximate surface area is 137 Å². The molecule has 4 nitrogen and oxygen atoms in total. The molecule has 23 heavy (non-hydrogen) atoms. The van der Waals surface area contributed by atoms with Gasteiger partial charge in [-0.05, 0) is 41.8 Å². The Kier molecular flexibility index (Phi) is 5.55. The van der Waals surface area contributed by atoms with E-state index in [0.717, 1.165) is 22.6 Å². The number of nitrogens with zero attached hydrogens (tertiary/aromatic N) is 1. The van der Waals surface area contributed by atoms with Gasteiger partial charge >= 0.3 is 0 Å². The van der Waals surface area contributed by atoms with Crippen LogP contribution in [0.3, 0.4) is 0 Å². The van der Waals surface area contributed by atoms with E-state index in [1.165, 1.54) is 0 Å². The molecule has 0 unspecified atom stereocenters. The average molecular weight is 310 g/mol. The molecule has 120 valence electrons. The van der Waals surface area contributed by atoms with Crippen LogP contribution in [0.5, 0.6) is 5.75 Å². The van der Waals surface area contributed by atoms with Crippen LogP contribution in [0.2, 0.25) is 0 Å². The van der Waals surface area contributed by atoms with Crippen molar-refractivity contribution < 1.29 is 9.53 Å². The van der Waals surface area contributed by atoms with Crippen LogP contribution in [-0.2, 0) is 11.2 Å². The molecule has 4 heteroatoms. The number of rotatable bonds is 6. The van der Waals surface area contributed by atoms with Crippen molar-refractivity contribution >= 4 is 17.7 Å². The van der Waals surface area contributed by atoms with Crippen LogP contribution in [0.4, 0.5) is 5.69 Å². The quantitative estimate of drug-likeness (QED) is 0.892. The molecule has 2 aromatic carbocycles. The molecule has 0 fully saturated rings. The van der Waals surface area contributed by atoms with E-state index in [1.54, 1.807) is 25.1 Å². The van der Waals surface area contributed by atoms with Crippen molar-refractivity contribution in [3.05, 3.63) is 66.2 Å². The molecule has 0 bridgehead atoms. The maximum Gasteiger partial charge on any atom is 0.243 e. The first kappa shape index (κ1) is 16.8. The van der Waals surface area contributed by atoms with Gasteiger partial charge in [0.05, 0.1) is 13.2 Å². The van der Waals surface area contributed by atoms with Crippen molar-refractivity contribution in [3.63, 3.8) is 0 Å². The number of carbonyl (C=O) groups excluding carboxylic acids is 1. The number of benzene rings is 2. The summed E-state index contributed by atoms with van der Waals surface area (Å²) in [5.74, 6) is 0.624. The highest BCUT2D eigenvalue weighted by atomic mass is 16.5. The van der Waals surface area contributed by atoms with Gasteiger partial charge in [0.15, 0.2) is 0 Å². The van der Waals surface area contributed by atoms with Gasteiger partial charge in [-0.1, -0.05) is 36.9 Å². The minimum absolute atomic E-state index is 0.126. The summed E-state index contributed by atoms with van der Waals surface area (Å²) in [6.45, 7) is 3.75.